The number of thiophene rings is 1. The molecular weight excluding hydrogens is 358 g/mol. The van der Waals surface area contributed by atoms with E-state index in [0.29, 0.717) is 23.9 Å². The van der Waals surface area contributed by atoms with Crippen LogP contribution < -0.4 is 10.6 Å². The molecule has 0 aliphatic rings. The Morgan fingerprint density at radius 3 is 2.72 bits per heavy atom. The van der Waals surface area contributed by atoms with Crippen LogP contribution in [0.15, 0.2) is 35.7 Å². The molecule has 0 aliphatic carbocycles. The topological polar surface area (TPSA) is 90.4 Å². The number of aromatic nitrogens is 2. The van der Waals surface area contributed by atoms with Crippen molar-refractivity contribution in [2.75, 3.05) is 24.7 Å². The second-order valence-electron chi connectivity index (χ2n) is 5.42. The summed E-state index contributed by atoms with van der Waals surface area (Å²) in [6, 6.07) is 9.00. The minimum Gasteiger partial charge on any atom is -0.505 e. The molecule has 0 saturated carbocycles. The van der Waals surface area contributed by atoms with E-state index in [4.69, 9.17) is 0 Å². The average Bonchev–Trinajstić information content (AvgIpc) is 3.25. The molecule has 0 bridgehead atoms. The van der Waals surface area contributed by atoms with Gasteiger partial charge >= 0.3 is 0 Å². The molecule has 3 N–H and O–H groups in total. The van der Waals surface area contributed by atoms with Gasteiger partial charge in [0.2, 0.25) is 0 Å². The van der Waals surface area contributed by atoms with Crippen molar-refractivity contribution in [3.8, 4) is 5.75 Å². The highest BCUT2D eigenvalue weighted by Crippen LogP contribution is 2.32. The first kappa shape index (κ1) is 17.2. The van der Waals surface area contributed by atoms with Gasteiger partial charge in [0.25, 0.3) is 5.91 Å². The third kappa shape index (κ3) is 3.89. The molecule has 3 rings (SSSR count). The summed E-state index contributed by atoms with van der Waals surface area (Å²) in [4.78, 5) is 14.7. The van der Waals surface area contributed by atoms with Crippen molar-refractivity contribution in [2.45, 2.75) is 6.54 Å². The number of anilines is 3. The lowest BCUT2D eigenvalue weighted by Crippen LogP contribution is -2.21. The third-order valence-corrected chi connectivity index (χ3v) is 4.83. The first-order valence-corrected chi connectivity index (χ1v) is 9.06. The number of benzene rings is 1. The van der Waals surface area contributed by atoms with Crippen molar-refractivity contribution in [3.63, 3.8) is 0 Å². The highest BCUT2D eigenvalue weighted by atomic mass is 32.1. The van der Waals surface area contributed by atoms with Crippen molar-refractivity contribution >= 4 is 46.3 Å². The van der Waals surface area contributed by atoms with E-state index in [2.05, 4.69) is 19.4 Å². The number of phenolic OH excluding ortho intramolecular Hbond substituents is 1. The number of nitrogens with one attached hydrogen (secondary N) is 2. The maximum atomic E-state index is 12.1. The molecule has 3 aromatic rings. The van der Waals surface area contributed by atoms with Gasteiger partial charge in [0.1, 0.15) is 0 Å². The maximum Gasteiger partial charge on any atom is 0.257 e. The number of para-hydroxylation sites is 1. The Morgan fingerprint density at radius 1 is 1.20 bits per heavy atom. The van der Waals surface area contributed by atoms with Crippen LogP contribution in [0.3, 0.4) is 0 Å². The van der Waals surface area contributed by atoms with Crippen LogP contribution in [0.25, 0.3) is 0 Å². The number of carbonyl (C=O) groups is 1. The van der Waals surface area contributed by atoms with Gasteiger partial charge in [-0.3, -0.25) is 4.79 Å². The van der Waals surface area contributed by atoms with E-state index in [1.807, 2.05) is 17.5 Å². The van der Waals surface area contributed by atoms with Gasteiger partial charge in [0.05, 0.1) is 29.5 Å². The fourth-order valence-corrected chi connectivity index (χ4v) is 3.29. The number of nitrogens with zero attached hydrogens (tertiary/aromatic N) is 3. The van der Waals surface area contributed by atoms with Crippen molar-refractivity contribution in [3.05, 3.63) is 46.2 Å². The van der Waals surface area contributed by atoms with Gasteiger partial charge < -0.3 is 20.6 Å². The van der Waals surface area contributed by atoms with Crippen LogP contribution in [0.5, 0.6) is 5.75 Å². The summed E-state index contributed by atoms with van der Waals surface area (Å²) in [6.45, 7) is 0.642. The number of aromatic hydroxyl groups is 1. The summed E-state index contributed by atoms with van der Waals surface area (Å²) >= 11 is 2.72. The monoisotopic (exact) mass is 375 g/mol. The van der Waals surface area contributed by atoms with Crippen molar-refractivity contribution in [1.29, 1.82) is 0 Å². The SMILES string of the molecule is CN(C)C(=O)c1cccc(Nc2nsnc2NCc2cccs2)c1O. The zero-order valence-electron chi connectivity index (χ0n) is 13.7. The van der Waals surface area contributed by atoms with E-state index in [1.54, 1.807) is 43.6 Å². The Morgan fingerprint density at radius 2 is 2.00 bits per heavy atom. The second-order valence-corrected chi connectivity index (χ2v) is 6.98. The zero-order valence-corrected chi connectivity index (χ0v) is 15.3. The summed E-state index contributed by atoms with van der Waals surface area (Å²) in [6.07, 6.45) is 0. The molecule has 0 aliphatic heterocycles. The molecule has 0 atom stereocenters. The summed E-state index contributed by atoms with van der Waals surface area (Å²) in [5.41, 5.74) is 0.630. The van der Waals surface area contributed by atoms with Gasteiger partial charge in [-0.1, -0.05) is 12.1 Å². The normalized spacial score (nSPS) is 10.5. The minimum absolute atomic E-state index is 0.113. The molecule has 0 radical (unpaired) electrons. The van der Waals surface area contributed by atoms with Crippen LogP contribution in [-0.4, -0.2) is 38.8 Å². The van der Waals surface area contributed by atoms with Gasteiger partial charge in [-0.2, -0.15) is 8.75 Å². The third-order valence-electron chi connectivity index (χ3n) is 3.42. The first-order valence-electron chi connectivity index (χ1n) is 7.45. The Hall–Kier alpha value is -2.65. The van der Waals surface area contributed by atoms with Gasteiger partial charge in [-0.05, 0) is 23.6 Å². The zero-order chi connectivity index (χ0) is 17.8. The Labute approximate surface area is 153 Å². The summed E-state index contributed by atoms with van der Waals surface area (Å²) in [5, 5.41) is 18.7. The number of amides is 1. The lowest BCUT2D eigenvalue weighted by atomic mass is 10.1. The van der Waals surface area contributed by atoms with Crippen LogP contribution in [0.1, 0.15) is 15.2 Å². The number of carbonyl (C=O) groups excluding carboxylic acids is 1. The van der Waals surface area contributed by atoms with E-state index < -0.39 is 0 Å². The Kier molecular flexibility index (Phi) is 5.15. The minimum atomic E-state index is -0.270. The molecule has 2 heterocycles. The molecule has 130 valence electrons. The molecule has 0 saturated heterocycles. The Balaban J connectivity index is 1.78. The second kappa shape index (κ2) is 7.49. The van der Waals surface area contributed by atoms with E-state index in [1.165, 1.54) is 9.78 Å². The first-order chi connectivity index (χ1) is 12.1. The highest BCUT2D eigenvalue weighted by molar-refractivity contribution is 7.09. The van der Waals surface area contributed by atoms with E-state index in [0.717, 1.165) is 11.7 Å². The van der Waals surface area contributed by atoms with Crippen LogP contribution in [0.2, 0.25) is 0 Å². The lowest BCUT2D eigenvalue weighted by molar-refractivity contribution is 0.0824. The molecule has 7 nitrogen and oxygen atoms in total. The number of phenols is 1. The van der Waals surface area contributed by atoms with Gasteiger partial charge in [-0.15, -0.1) is 11.3 Å². The maximum absolute atomic E-state index is 12.1. The standard InChI is InChI=1S/C16H17N5O2S2/c1-21(2)16(23)11-6-3-7-12(13(11)22)18-15-14(19-25-20-15)17-9-10-5-4-8-24-10/h3-8,22H,9H2,1-2H3,(H,17,19)(H,18,20). The molecule has 0 unspecified atom stereocenters. The fraction of sp³-hybridized carbons (Fsp3) is 0.188. The highest BCUT2D eigenvalue weighted by Gasteiger charge is 2.17. The number of hydrogen-bond acceptors (Lipinski definition) is 8. The van der Waals surface area contributed by atoms with Crippen LogP contribution in [-0.2, 0) is 6.54 Å². The van der Waals surface area contributed by atoms with E-state index >= 15 is 0 Å². The fourth-order valence-electron chi connectivity index (χ4n) is 2.16. The smallest absolute Gasteiger partial charge is 0.257 e. The molecule has 1 aromatic carbocycles. The Bertz CT molecular complexity index is 861. The molecule has 0 spiro atoms. The quantitative estimate of drug-likeness (QED) is 0.572. The predicted molar refractivity (Wildman–Crippen MR) is 101 cm³/mol. The van der Waals surface area contributed by atoms with Gasteiger partial charge in [0.15, 0.2) is 17.4 Å². The van der Waals surface area contributed by atoms with Crippen molar-refractivity contribution < 1.29 is 9.90 Å². The summed E-state index contributed by atoms with van der Waals surface area (Å²) in [7, 11) is 3.28. The molecule has 0 fully saturated rings. The van der Waals surface area contributed by atoms with Gasteiger partial charge in [-0.25, -0.2) is 0 Å². The average molecular weight is 375 g/mol. The number of rotatable bonds is 6. The van der Waals surface area contributed by atoms with Crippen LogP contribution in [0.4, 0.5) is 17.3 Å². The van der Waals surface area contributed by atoms with Crippen molar-refractivity contribution in [1.82, 2.24) is 13.6 Å². The predicted octanol–water partition coefficient (Wildman–Crippen LogP) is 3.36. The lowest BCUT2D eigenvalue weighted by Gasteiger charge is -2.14. The van der Waals surface area contributed by atoms with Crippen LogP contribution in [0, 0.1) is 0 Å². The van der Waals surface area contributed by atoms with E-state index in [9.17, 15) is 9.90 Å². The number of hydrogen-bond donors (Lipinski definition) is 3. The van der Waals surface area contributed by atoms with E-state index in [-0.39, 0.29) is 17.2 Å². The van der Waals surface area contributed by atoms with Crippen LogP contribution >= 0.6 is 23.1 Å². The molecule has 2 aromatic heterocycles. The van der Waals surface area contributed by atoms with Crippen molar-refractivity contribution in [2.24, 2.45) is 0 Å². The molecule has 9 heteroatoms. The largest absolute Gasteiger partial charge is 0.505 e. The summed E-state index contributed by atoms with van der Waals surface area (Å²) in [5.74, 6) is 0.723. The summed E-state index contributed by atoms with van der Waals surface area (Å²) < 4.78 is 8.45. The molecule has 1 amide bonds. The molecule has 25 heavy (non-hydrogen) atoms. The molecular formula is C16H17N5O2S2. The van der Waals surface area contributed by atoms with Gasteiger partial charge in [0, 0.05) is 19.0 Å².